The van der Waals surface area contributed by atoms with Crippen LogP contribution in [0.1, 0.15) is 54.4 Å². The number of morpholine rings is 1. The Balaban J connectivity index is 1.76. The minimum atomic E-state index is -0.277. The van der Waals surface area contributed by atoms with Crippen LogP contribution in [0.4, 0.5) is 5.69 Å². The van der Waals surface area contributed by atoms with Gasteiger partial charge in [0.05, 0.1) is 18.8 Å². The third-order valence-corrected chi connectivity index (χ3v) is 4.28. The van der Waals surface area contributed by atoms with Crippen molar-refractivity contribution in [1.82, 2.24) is 20.1 Å². The number of rotatable bonds is 2. The summed E-state index contributed by atoms with van der Waals surface area (Å²) in [6.45, 7) is 9.56. The average Bonchev–Trinajstić information content (AvgIpc) is 3.03. The number of ether oxygens (including phenoxy) is 1. The fourth-order valence-electron chi connectivity index (χ4n) is 2.88. The van der Waals surface area contributed by atoms with E-state index in [0.717, 1.165) is 17.1 Å². The molecule has 0 spiro atoms. The first-order valence-electron chi connectivity index (χ1n) is 8.45. The van der Waals surface area contributed by atoms with Crippen molar-refractivity contribution in [3.63, 3.8) is 0 Å². The van der Waals surface area contributed by atoms with Gasteiger partial charge in [-0.05, 0) is 25.1 Å². The van der Waals surface area contributed by atoms with Gasteiger partial charge in [0.25, 0.3) is 5.91 Å². The van der Waals surface area contributed by atoms with Gasteiger partial charge in [0.2, 0.25) is 0 Å². The highest BCUT2D eigenvalue weighted by Gasteiger charge is 2.29. The lowest BCUT2D eigenvalue weighted by Crippen LogP contribution is -2.42. The number of aromatic nitrogens is 3. The van der Waals surface area contributed by atoms with E-state index in [1.54, 1.807) is 11.0 Å². The molecule has 7 heteroatoms. The first-order chi connectivity index (χ1) is 11.7. The van der Waals surface area contributed by atoms with Gasteiger partial charge in [0, 0.05) is 29.0 Å². The number of hydrogen-bond donors (Lipinski definition) is 2. The van der Waals surface area contributed by atoms with E-state index in [1.165, 1.54) is 0 Å². The van der Waals surface area contributed by atoms with Crippen molar-refractivity contribution in [2.24, 2.45) is 0 Å². The van der Waals surface area contributed by atoms with Crippen molar-refractivity contribution in [1.29, 1.82) is 0 Å². The molecule has 0 aromatic carbocycles. The van der Waals surface area contributed by atoms with Crippen molar-refractivity contribution in [2.75, 3.05) is 25.4 Å². The maximum absolute atomic E-state index is 12.8. The Morgan fingerprint density at radius 2 is 2.12 bits per heavy atom. The maximum Gasteiger partial charge on any atom is 0.274 e. The largest absolute Gasteiger partial charge is 0.399 e. The lowest BCUT2D eigenvalue weighted by molar-refractivity contribution is -0.0249. The standard InChI is InChI=1S/C18H25N5O2/c1-11-7-12(19)8-13(20-11)15-10-23(5-6-25-15)17(24)14-9-16(22-21-14)18(2,3)4/h7-9,15H,5-6,10H2,1-4H3,(H2,19,20)(H,21,22)/t15-/m0/s1. The number of nitrogens with two attached hydrogens (primary N) is 1. The van der Waals surface area contributed by atoms with Crippen LogP contribution < -0.4 is 5.73 Å². The third-order valence-electron chi connectivity index (χ3n) is 4.28. The Labute approximate surface area is 147 Å². The predicted octanol–water partition coefficient (Wildman–Crippen LogP) is 2.21. The van der Waals surface area contributed by atoms with Crippen molar-refractivity contribution in [3.8, 4) is 0 Å². The van der Waals surface area contributed by atoms with E-state index in [2.05, 4.69) is 36.0 Å². The lowest BCUT2D eigenvalue weighted by atomic mass is 9.92. The van der Waals surface area contributed by atoms with Crippen molar-refractivity contribution < 1.29 is 9.53 Å². The van der Waals surface area contributed by atoms with Crippen LogP contribution in [0, 0.1) is 6.92 Å². The van der Waals surface area contributed by atoms with E-state index in [4.69, 9.17) is 10.5 Å². The Morgan fingerprint density at radius 3 is 2.76 bits per heavy atom. The van der Waals surface area contributed by atoms with Crippen molar-refractivity contribution in [2.45, 2.75) is 39.2 Å². The number of anilines is 1. The Kier molecular flexibility index (Phi) is 4.51. The smallest absolute Gasteiger partial charge is 0.274 e. The van der Waals surface area contributed by atoms with Gasteiger partial charge >= 0.3 is 0 Å². The van der Waals surface area contributed by atoms with Gasteiger partial charge < -0.3 is 15.4 Å². The summed E-state index contributed by atoms with van der Waals surface area (Å²) in [7, 11) is 0. The Hall–Kier alpha value is -2.41. The molecule has 3 heterocycles. The average molecular weight is 343 g/mol. The number of aromatic amines is 1. The molecule has 2 aromatic heterocycles. The second kappa shape index (κ2) is 6.48. The fraction of sp³-hybridized carbons (Fsp3) is 0.500. The SMILES string of the molecule is Cc1cc(N)cc([C@@H]2CN(C(=O)c3cc(C(C)(C)C)[nH]n3)CCO2)n1. The summed E-state index contributed by atoms with van der Waals surface area (Å²) in [5.74, 6) is -0.0966. The molecule has 0 aliphatic carbocycles. The van der Waals surface area contributed by atoms with Crippen LogP contribution >= 0.6 is 0 Å². The zero-order valence-corrected chi connectivity index (χ0v) is 15.2. The second-order valence-electron chi connectivity index (χ2n) is 7.49. The summed E-state index contributed by atoms with van der Waals surface area (Å²) in [6.07, 6.45) is -0.277. The Bertz CT molecular complexity index is 758. The molecule has 7 nitrogen and oxygen atoms in total. The number of amides is 1. The van der Waals surface area contributed by atoms with E-state index in [0.29, 0.717) is 31.1 Å². The number of carbonyl (C=O) groups excluding carboxylic acids is 1. The molecule has 2 aromatic rings. The monoisotopic (exact) mass is 343 g/mol. The molecule has 3 N–H and O–H groups in total. The third kappa shape index (κ3) is 3.82. The molecular formula is C18H25N5O2. The van der Waals surface area contributed by atoms with Gasteiger partial charge in [-0.1, -0.05) is 20.8 Å². The molecule has 25 heavy (non-hydrogen) atoms. The number of aryl methyl sites for hydroxylation is 1. The highest BCUT2D eigenvalue weighted by Crippen LogP contribution is 2.25. The van der Waals surface area contributed by atoms with Gasteiger partial charge in [-0.15, -0.1) is 0 Å². The summed E-state index contributed by atoms with van der Waals surface area (Å²) in [5, 5.41) is 7.16. The van der Waals surface area contributed by atoms with Gasteiger partial charge in [0.15, 0.2) is 0 Å². The maximum atomic E-state index is 12.8. The summed E-state index contributed by atoms with van der Waals surface area (Å²) >= 11 is 0. The number of nitrogens with one attached hydrogen (secondary N) is 1. The van der Waals surface area contributed by atoms with Gasteiger partial charge in [-0.2, -0.15) is 5.10 Å². The predicted molar refractivity (Wildman–Crippen MR) is 95.3 cm³/mol. The molecule has 0 unspecified atom stereocenters. The van der Waals surface area contributed by atoms with Crippen LogP contribution in [0.3, 0.4) is 0 Å². The topological polar surface area (TPSA) is 97.1 Å². The van der Waals surface area contributed by atoms with Crippen LogP contribution in [-0.4, -0.2) is 45.7 Å². The number of pyridine rings is 1. The molecule has 1 fully saturated rings. The van der Waals surface area contributed by atoms with Crippen molar-refractivity contribution >= 4 is 11.6 Å². The summed E-state index contributed by atoms with van der Waals surface area (Å²) < 4.78 is 5.81. The van der Waals surface area contributed by atoms with E-state index in [9.17, 15) is 4.79 Å². The van der Waals surface area contributed by atoms with Crippen LogP contribution in [0.5, 0.6) is 0 Å². The highest BCUT2D eigenvalue weighted by atomic mass is 16.5. The van der Waals surface area contributed by atoms with E-state index in [1.807, 2.05) is 19.1 Å². The van der Waals surface area contributed by atoms with E-state index >= 15 is 0 Å². The minimum Gasteiger partial charge on any atom is -0.399 e. The molecule has 1 saturated heterocycles. The number of carbonyl (C=O) groups is 1. The summed E-state index contributed by atoms with van der Waals surface area (Å²) in [4.78, 5) is 19.1. The minimum absolute atomic E-state index is 0.0813. The number of nitrogens with zero attached hydrogens (tertiary/aromatic N) is 3. The zero-order chi connectivity index (χ0) is 18.2. The molecule has 0 radical (unpaired) electrons. The van der Waals surface area contributed by atoms with E-state index < -0.39 is 0 Å². The van der Waals surface area contributed by atoms with Gasteiger partial charge in [-0.3, -0.25) is 14.9 Å². The van der Waals surface area contributed by atoms with Crippen LogP contribution in [0.25, 0.3) is 0 Å². The van der Waals surface area contributed by atoms with Gasteiger partial charge in [-0.25, -0.2) is 0 Å². The molecule has 3 rings (SSSR count). The lowest BCUT2D eigenvalue weighted by Gasteiger charge is -2.32. The summed E-state index contributed by atoms with van der Waals surface area (Å²) in [6, 6.07) is 5.45. The summed E-state index contributed by atoms with van der Waals surface area (Å²) in [5.41, 5.74) is 9.44. The molecule has 1 aliphatic heterocycles. The molecule has 134 valence electrons. The fourth-order valence-corrected chi connectivity index (χ4v) is 2.88. The van der Waals surface area contributed by atoms with Crippen LogP contribution in [0.2, 0.25) is 0 Å². The Morgan fingerprint density at radius 1 is 1.36 bits per heavy atom. The zero-order valence-electron chi connectivity index (χ0n) is 15.2. The molecule has 1 aliphatic rings. The normalized spacial score (nSPS) is 18.4. The van der Waals surface area contributed by atoms with Gasteiger partial charge in [0.1, 0.15) is 11.8 Å². The number of nitrogen functional groups attached to an aromatic ring is 1. The van der Waals surface area contributed by atoms with Crippen LogP contribution in [-0.2, 0) is 10.2 Å². The first kappa shape index (κ1) is 17.4. The molecule has 1 atom stereocenters. The highest BCUT2D eigenvalue weighted by molar-refractivity contribution is 5.92. The second-order valence-corrected chi connectivity index (χ2v) is 7.49. The number of H-pyrrole nitrogens is 1. The molecule has 0 bridgehead atoms. The molecular weight excluding hydrogens is 318 g/mol. The van der Waals surface area contributed by atoms with E-state index in [-0.39, 0.29) is 17.4 Å². The van der Waals surface area contributed by atoms with Crippen LogP contribution in [0.15, 0.2) is 18.2 Å². The molecule has 1 amide bonds. The number of hydrogen-bond acceptors (Lipinski definition) is 5. The molecule has 0 saturated carbocycles. The first-order valence-corrected chi connectivity index (χ1v) is 8.45. The van der Waals surface area contributed by atoms with Crippen molar-refractivity contribution in [3.05, 3.63) is 41.0 Å². The quantitative estimate of drug-likeness (QED) is 0.871.